The lowest BCUT2D eigenvalue weighted by Crippen LogP contribution is -2.01. The summed E-state index contributed by atoms with van der Waals surface area (Å²) in [4.78, 5) is 0. The monoisotopic (exact) mass is 368 g/mol. The SMILES string of the molecule is CCCCCCCC/C=C/CCCCCCCCNc1cccc(C#N)c1. The lowest BCUT2D eigenvalue weighted by Gasteiger charge is -2.06. The van der Waals surface area contributed by atoms with E-state index in [-0.39, 0.29) is 0 Å². The van der Waals surface area contributed by atoms with Crippen LogP contribution in [0.5, 0.6) is 0 Å². The first-order valence-electron chi connectivity index (χ1n) is 11.3. The van der Waals surface area contributed by atoms with Crippen LogP contribution in [0.4, 0.5) is 5.69 Å². The first kappa shape index (κ1) is 23.3. The molecule has 1 aromatic carbocycles. The van der Waals surface area contributed by atoms with Crippen molar-refractivity contribution in [1.82, 2.24) is 0 Å². The summed E-state index contributed by atoms with van der Waals surface area (Å²) in [6.45, 7) is 3.27. The highest BCUT2D eigenvalue weighted by Gasteiger charge is 1.95. The maximum atomic E-state index is 8.90. The van der Waals surface area contributed by atoms with Crippen LogP contribution in [-0.4, -0.2) is 6.54 Å². The Kier molecular flexibility index (Phi) is 15.2. The number of unbranched alkanes of at least 4 members (excludes halogenated alkanes) is 12. The predicted octanol–water partition coefficient (Wildman–Crippen LogP) is 8.01. The highest BCUT2D eigenvalue weighted by Crippen LogP contribution is 2.12. The fourth-order valence-electron chi connectivity index (χ4n) is 3.30. The maximum absolute atomic E-state index is 8.90. The number of allylic oxidation sites excluding steroid dienone is 2. The van der Waals surface area contributed by atoms with E-state index in [4.69, 9.17) is 5.26 Å². The third-order valence-corrected chi connectivity index (χ3v) is 5.01. The fraction of sp³-hybridized carbons (Fsp3) is 0.640. The molecule has 1 N–H and O–H groups in total. The number of benzene rings is 1. The molecule has 0 spiro atoms. The molecule has 1 aromatic rings. The largest absolute Gasteiger partial charge is 0.385 e. The van der Waals surface area contributed by atoms with E-state index in [1.54, 1.807) is 0 Å². The summed E-state index contributed by atoms with van der Waals surface area (Å²) in [7, 11) is 0. The first-order chi connectivity index (χ1) is 13.4. The Balaban J connectivity index is 1.82. The van der Waals surface area contributed by atoms with E-state index in [0.29, 0.717) is 0 Å². The normalized spacial score (nSPS) is 11.0. The molecule has 0 saturated carbocycles. The summed E-state index contributed by atoms with van der Waals surface area (Å²) in [5, 5.41) is 12.3. The van der Waals surface area contributed by atoms with Gasteiger partial charge in [0, 0.05) is 12.2 Å². The van der Waals surface area contributed by atoms with Gasteiger partial charge >= 0.3 is 0 Å². The molecule has 0 radical (unpaired) electrons. The molecule has 0 saturated heterocycles. The van der Waals surface area contributed by atoms with Crippen molar-refractivity contribution in [2.45, 2.75) is 96.8 Å². The van der Waals surface area contributed by atoms with E-state index >= 15 is 0 Å². The molecule has 0 aliphatic rings. The van der Waals surface area contributed by atoms with Gasteiger partial charge < -0.3 is 5.32 Å². The molecular weight excluding hydrogens is 328 g/mol. The molecule has 0 aliphatic carbocycles. The number of nitriles is 1. The van der Waals surface area contributed by atoms with E-state index < -0.39 is 0 Å². The summed E-state index contributed by atoms with van der Waals surface area (Å²) >= 11 is 0. The van der Waals surface area contributed by atoms with Gasteiger partial charge in [0.05, 0.1) is 11.6 Å². The van der Waals surface area contributed by atoms with Crippen LogP contribution in [0.25, 0.3) is 0 Å². The van der Waals surface area contributed by atoms with Crippen LogP contribution in [-0.2, 0) is 0 Å². The summed E-state index contributed by atoms with van der Waals surface area (Å²) < 4.78 is 0. The maximum Gasteiger partial charge on any atom is 0.0992 e. The standard InChI is InChI=1S/C25H40N2/c1-2-3-4-5-6-7-8-9-10-11-12-13-14-15-16-17-21-27-25-20-18-19-24(22-25)23-26/h9-10,18-20,22,27H,2-8,11-17,21H2,1H3/b10-9+. The number of rotatable bonds is 17. The molecule has 0 heterocycles. The summed E-state index contributed by atoms with van der Waals surface area (Å²) in [5.74, 6) is 0. The van der Waals surface area contributed by atoms with Gasteiger partial charge in [-0.2, -0.15) is 5.26 Å². The van der Waals surface area contributed by atoms with Gasteiger partial charge in [-0.1, -0.05) is 82.9 Å². The second-order valence-electron chi connectivity index (χ2n) is 7.56. The molecule has 1 rings (SSSR count). The zero-order chi connectivity index (χ0) is 19.4. The van der Waals surface area contributed by atoms with Gasteiger partial charge in [0.15, 0.2) is 0 Å². The molecule has 0 amide bonds. The van der Waals surface area contributed by atoms with Gasteiger partial charge in [-0.05, 0) is 50.3 Å². The smallest absolute Gasteiger partial charge is 0.0992 e. The second kappa shape index (κ2) is 17.7. The molecule has 2 heteroatoms. The van der Waals surface area contributed by atoms with Gasteiger partial charge in [-0.25, -0.2) is 0 Å². The molecule has 0 aromatic heterocycles. The molecule has 0 fully saturated rings. The first-order valence-corrected chi connectivity index (χ1v) is 11.3. The highest BCUT2D eigenvalue weighted by molar-refractivity contribution is 5.48. The van der Waals surface area contributed by atoms with E-state index in [1.165, 1.54) is 89.9 Å². The van der Waals surface area contributed by atoms with Crippen molar-refractivity contribution < 1.29 is 0 Å². The van der Waals surface area contributed by atoms with Crippen molar-refractivity contribution in [3.8, 4) is 6.07 Å². The number of nitrogens with zero attached hydrogens (tertiary/aromatic N) is 1. The van der Waals surface area contributed by atoms with E-state index in [2.05, 4.69) is 30.5 Å². The summed E-state index contributed by atoms with van der Waals surface area (Å²) in [6.07, 6.45) is 23.6. The van der Waals surface area contributed by atoms with E-state index in [0.717, 1.165) is 17.8 Å². The van der Waals surface area contributed by atoms with Crippen molar-refractivity contribution >= 4 is 5.69 Å². The molecule has 150 valence electrons. The van der Waals surface area contributed by atoms with Crippen molar-refractivity contribution in [3.63, 3.8) is 0 Å². The van der Waals surface area contributed by atoms with Crippen molar-refractivity contribution in [2.24, 2.45) is 0 Å². The van der Waals surface area contributed by atoms with Crippen molar-refractivity contribution in [1.29, 1.82) is 5.26 Å². The molecular formula is C25H40N2. The van der Waals surface area contributed by atoms with Gasteiger partial charge in [0.2, 0.25) is 0 Å². The number of nitrogens with one attached hydrogen (secondary N) is 1. The topological polar surface area (TPSA) is 35.8 Å². The van der Waals surface area contributed by atoms with Gasteiger partial charge in [0.25, 0.3) is 0 Å². The highest BCUT2D eigenvalue weighted by atomic mass is 14.9. The minimum absolute atomic E-state index is 0.723. The van der Waals surface area contributed by atoms with Crippen LogP contribution in [0.15, 0.2) is 36.4 Å². The molecule has 27 heavy (non-hydrogen) atoms. The Morgan fingerprint density at radius 1 is 0.815 bits per heavy atom. The van der Waals surface area contributed by atoms with Gasteiger partial charge in [0.1, 0.15) is 0 Å². The van der Waals surface area contributed by atoms with E-state index in [9.17, 15) is 0 Å². The van der Waals surface area contributed by atoms with Crippen LogP contribution in [0.2, 0.25) is 0 Å². The Labute approximate surface area is 168 Å². The predicted molar refractivity (Wildman–Crippen MR) is 119 cm³/mol. The molecule has 0 aliphatic heterocycles. The van der Waals surface area contributed by atoms with Crippen LogP contribution in [0, 0.1) is 11.3 Å². The van der Waals surface area contributed by atoms with Gasteiger partial charge in [-0.3, -0.25) is 0 Å². The minimum atomic E-state index is 0.723. The molecule has 0 unspecified atom stereocenters. The summed E-state index contributed by atoms with van der Waals surface area (Å²) in [6, 6.07) is 9.90. The minimum Gasteiger partial charge on any atom is -0.385 e. The molecule has 0 bridgehead atoms. The zero-order valence-electron chi connectivity index (χ0n) is 17.5. The third kappa shape index (κ3) is 14.0. The van der Waals surface area contributed by atoms with Crippen LogP contribution in [0.3, 0.4) is 0 Å². The quantitative estimate of drug-likeness (QED) is 0.223. The third-order valence-electron chi connectivity index (χ3n) is 5.01. The Morgan fingerprint density at radius 3 is 2.04 bits per heavy atom. The lowest BCUT2D eigenvalue weighted by atomic mass is 10.1. The second-order valence-corrected chi connectivity index (χ2v) is 7.56. The summed E-state index contributed by atoms with van der Waals surface area (Å²) in [5.41, 5.74) is 1.78. The Bertz CT molecular complexity index is 527. The molecule has 0 atom stereocenters. The Hall–Kier alpha value is -1.75. The van der Waals surface area contributed by atoms with E-state index in [1.807, 2.05) is 24.3 Å². The average Bonchev–Trinajstić information content (AvgIpc) is 2.70. The number of hydrogen-bond acceptors (Lipinski definition) is 2. The average molecular weight is 369 g/mol. The van der Waals surface area contributed by atoms with Crippen LogP contribution >= 0.6 is 0 Å². The number of hydrogen-bond donors (Lipinski definition) is 1. The van der Waals surface area contributed by atoms with Crippen molar-refractivity contribution in [2.75, 3.05) is 11.9 Å². The van der Waals surface area contributed by atoms with Crippen molar-refractivity contribution in [3.05, 3.63) is 42.0 Å². The van der Waals surface area contributed by atoms with Gasteiger partial charge in [-0.15, -0.1) is 0 Å². The van der Waals surface area contributed by atoms with Crippen LogP contribution in [0.1, 0.15) is 102 Å². The van der Waals surface area contributed by atoms with Crippen LogP contribution < -0.4 is 5.32 Å². The number of anilines is 1. The zero-order valence-corrected chi connectivity index (χ0v) is 17.5. The lowest BCUT2D eigenvalue weighted by molar-refractivity contribution is 0.602. The molecule has 2 nitrogen and oxygen atoms in total. The Morgan fingerprint density at radius 2 is 1.41 bits per heavy atom. The fourth-order valence-corrected chi connectivity index (χ4v) is 3.30.